The summed E-state index contributed by atoms with van der Waals surface area (Å²) in [6, 6.07) is 3.65. The largest absolute Gasteiger partial charge is 0.314 e. The van der Waals surface area contributed by atoms with Gasteiger partial charge in [0.15, 0.2) is 0 Å². The van der Waals surface area contributed by atoms with Crippen LogP contribution in [0.5, 0.6) is 0 Å². The lowest BCUT2D eigenvalue weighted by atomic mass is 10.4. The lowest BCUT2D eigenvalue weighted by molar-refractivity contribution is 0.783. The molecular formula is C7H8N4. The summed E-state index contributed by atoms with van der Waals surface area (Å²) in [4.78, 5) is 7.69. The Bertz CT molecular complexity index is 276. The van der Waals surface area contributed by atoms with Crippen molar-refractivity contribution >= 4 is 0 Å². The topological polar surface area (TPSA) is 61.6 Å². The standard InChI is InChI=1S/C7H8N4/c1-9-5-6-2-3-10-7(4-8)11-6/h2-3,9H,5H2,1H3. The molecule has 56 valence electrons. The molecule has 11 heavy (non-hydrogen) atoms. The van der Waals surface area contributed by atoms with Crippen molar-refractivity contribution in [3.8, 4) is 6.07 Å². The molecule has 1 aromatic heterocycles. The summed E-state index contributed by atoms with van der Waals surface area (Å²) in [5, 5.41) is 11.4. The van der Waals surface area contributed by atoms with Crippen molar-refractivity contribution in [1.82, 2.24) is 15.3 Å². The number of nitrogens with zero attached hydrogens (tertiary/aromatic N) is 3. The molecular weight excluding hydrogens is 140 g/mol. The van der Waals surface area contributed by atoms with Gasteiger partial charge >= 0.3 is 0 Å². The zero-order chi connectivity index (χ0) is 8.10. The van der Waals surface area contributed by atoms with Gasteiger partial charge in [-0.15, -0.1) is 0 Å². The SMILES string of the molecule is CNCc1ccnc(C#N)n1. The summed E-state index contributed by atoms with van der Waals surface area (Å²) in [6.45, 7) is 0.664. The third kappa shape index (κ3) is 1.99. The first-order valence-electron chi connectivity index (χ1n) is 3.23. The van der Waals surface area contributed by atoms with Crippen molar-refractivity contribution in [3.63, 3.8) is 0 Å². The van der Waals surface area contributed by atoms with E-state index >= 15 is 0 Å². The summed E-state index contributed by atoms with van der Waals surface area (Å²) >= 11 is 0. The Kier molecular flexibility index (Phi) is 2.53. The van der Waals surface area contributed by atoms with E-state index in [2.05, 4.69) is 15.3 Å². The van der Waals surface area contributed by atoms with Crippen LogP contribution in [0.25, 0.3) is 0 Å². The molecule has 0 radical (unpaired) electrons. The van der Waals surface area contributed by atoms with Crippen molar-refractivity contribution in [2.24, 2.45) is 0 Å². The average molecular weight is 148 g/mol. The minimum Gasteiger partial charge on any atom is -0.314 e. The van der Waals surface area contributed by atoms with E-state index in [4.69, 9.17) is 5.26 Å². The highest BCUT2D eigenvalue weighted by Crippen LogP contribution is 1.92. The molecule has 0 saturated carbocycles. The van der Waals surface area contributed by atoms with Crippen molar-refractivity contribution in [3.05, 3.63) is 23.8 Å². The van der Waals surface area contributed by atoms with E-state index in [1.54, 1.807) is 12.3 Å². The molecule has 1 heterocycles. The van der Waals surface area contributed by atoms with E-state index in [9.17, 15) is 0 Å². The van der Waals surface area contributed by atoms with E-state index < -0.39 is 0 Å². The molecule has 0 aliphatic carbocycles. The molecule has 4 nitrogen and oxygen atoms in total. The third-order valence-corrected chi connectivity index (χ3v) is 1.17. The van der Waals surface area contributed by atoms with Crippen LogP contribution in [0.3, 0.4) is 0 Å². The maximum Gasteiger partial charge on any atom is 0.232 e. The number of rotatable bonds is 2. The van der Waals surface area contributed by atoms with E-state index in [0.717, 1.165) is 5.69 Å². The zero-order valence-electron chi connectivity index (χ0n) is 6.20. The quantitative estimate of drug-likeness (QED) is 0.644. The molecule has 0 saturated heterocycles. The molecule has 0 amide bonds. The van der Waals surface area contributed by atoms with Crippen LogP contribution in [0.1, 0.15) is 11.5 Å². The number of aromatic nitrogens is 2. The third-order valence-electron chi connectivity index (χ3n) is 1.17. The van der Waals surface area contributed by atoms with Gasteiger partial charge in [0.05, 0.1) is 5.69 Å². The highest BCUT2D eigenvalue weighted by atomic mass is 14.9. The highest BCUT2D eigenvalue weighted by molar-refractivity contribution is 5.12. The Morgan fingerprint density at radius 1 is 1.73 bits per heavy atom. The zero-order valence-corrected chi connectivity index (χ0v) is 6.20. The van der Waals surface area contributed by atoms with E-state index in [1.165, 1.54) is 0 Å². The molecule has 0 spiro atoms. The van der Waals surface area contributed by atoms with E-state index in [1.807, 2.05) is 13.1 Å². The minimum absolute atomic E-state index is 0.220. The minimum atomic E-state index is 0.220. The lowest BCUT2D eigenvalue weighted by Gasteiger charge is -1.96. The maximum atomic E-state index is 8.43. The van der Waals surface area contributed by atoms with Crippen LogP contribution in [0.15, 0.2) is 12.3 Å². The number of hydrogen-bond acceptors (Lipinski definition) is 4. The van der Waals surface area contributed by atoms with Gasteiger partial charge in [-0.05, 0) is 13.1 Å². The van der Waals surface area contributed by atoms with Crippen LogP contribution in [0.2, 0.25) is 0 Å². The predicted octanol–water partition coefficient (Wildman–Crippen LogP) is 0.0677. The molecule has 0 atom stereocenters. The maximum absolute atomic E-state index is 8.43. The van der Waals surface area contributed by atoms with Gasteiger partial charge in [0.25, 0.3) is 0 Å². The fourth-order valence-corrected chi connectivity index (χ4v) is 0.730. The van der Waals surface area contributed by atoms with Crippen molar-refractivity contribution in [1.29, 1.82) is 5.26 Å². The first-order valence-corrected chi connectivity index (χ1v) is 3.23. The normalized spacial score (nSPS) is 9.09. The second-order valence-corrected chi connectivity index (χ2v) is 2.01. The van der Waals surface area contributed by atoms with Gasteiger partial charge in [-0.3, -0.25) is 0 Å². The van der Waals surface area contributed by atoms with Gasteiger partial charge in [-0.2, -0.15) is 5.26 Å². The van der Waals surface area contributed by atoms with Gasteiger partial charge in [-0.1, -0.05) is 0 Å². The van der Waals surface area contributed by atoms with Crippen molar-refractivity contribution in [2.75, 3.05) is 7.05 Å². The van der Waals surface area contributed by atoms with Gasteiger partial charge < -0.3 is 5.32 Å². The van der Waals surface area contributed by atoms with Crippen molar-refractivity contribution in [2.45, 2.75) is 6.54 Å². The summed E-state index contributed by atoms with van der Waals surface area (Å²) in [7, 11) is 1.83. The first-order chi connectivity index (χ1) is 5.36. The summed E-state index contributed by atoms with van der Waals surface area (Å²) in [6.07, 6.45) is 1.58. The van der Waals surface area contributed by atoms with Crippen LogP contribution < -0.4 is 5.32 Å². The first kappa shape index (κ1) is 7.63. The van der Waals surface area contributed by atoms with Gasteiger partial charge in [-0.25, -0.2) is 9.97 Å². The van der Waals surface area contributed by atoms with Gasteiger partial charge in [0.2, 0.25) is 5.82 Å². The Balaban J connectivity index is 2.85. The lowest BCUT2D eigenvalue weighted by Crippen LogP contribution is -2.07. The van der Waals surface area contributed by atoms with Crippen LogP contribution in [-0.4, -0.2) is 17.0 Å². The van der Waals surface area contributed by atoms with Gasteiger partial charge in [0.1, 0.15) is 6.07 Å². The molecule has 1 aromatic rings. The molecule has 4 heteroatoms. The van der Waals surface area contributed by atoms with E-state index in [-0.39, 0.29) is 5.82 Å². The Morgan fingerprint density at radius 3 is 3.18 bits per heavy atom. The molecule has 0 fully saturated rings. The average Bonchev–Trinajstić information content (AvgIpc) is 2.06. The van der Waals surface area contributed by atoms with Crippen LogP contribution in [0, 0.1) is 11.3 Å². The monoisotopic (exact) mass is 148 g/mol. The number of hydrogen-bond donors (Lipinski definition) is 1. The molecule has 1 rings (SSSR count). The fraction of sp³-hybridized carbons (Fsp3) is 0.286. The molecule has 0 aliphatic heterocycles. The molecule has 0 aliphatic rings. The smallest absolute Gasteiger partial charge is 0.232 e. The fourth-order valence-electron chi connectivity index (χ4n) is 0.730. The summed E-state index contributed by atoms with van der Waals surface area (Å²) in [5.41, 5.74) is 0.832. The van der Waals surface area contributed by atoms with Gasteiger partial charge in [0, 0.05) is 12.7 Å². The Morgan fingerprint density at radius 2 is 2.55 bits per heavy atom. The highest BCUT2D eigenvalue weighted by Gasteiger charge is 1.94. The second-order valence-electron chi connectivity index (χ2n) is 2.01. The molecule has 0 bridgehead atoms. The molecule has 1 N–H and O–H groups in total. The van der Waals surface area contributed by atoms with Crippen molar-refractivity contribution < 1.29 is 0 Å². The molecule has 0 unspecified atom stereocenters. The Labute approximate surface area is 64.9 Å². The predicted molar refractivity (Wildman–Crippen MR) is 39.5 cm³/mol. The summed E-state index contributed by atoms with van der Waals surface area (Å²) in [5.74, 6) is 0.220. The van der Waals surface area contributed by atoms with Crippen LogP contribution in [-0.2, 0) is 6.54 Å². The van der Waals surface area contributed by atoms with Crippen LogP contribution in [0.4, 0.5) is 0 Å². The molecule has 0 aromatic carbocycles. The number of nitrogens with one attached hydrogen (secondary N) is 1. The van der Waals surface area contributed by atoms with Crippen LogP contribution >= 0.6 is 0 Å². The number of nitriles is 1. The summed E-state index contributed by atoms with van der Waals surface area (Å²) < 4.78 is 0. The second kappa shape index (κ2) is 3.64. The van der Waals surface area contributed by atoms with E-state index in [0.29, 0.717) is 6.54 Å². The Hall–Kier alpha value is -1.47.